The highest BCUT2D eigenvalue weighted by molar-refractivity contribution is 5.75. The smallest absolute Gasteiger partial charge is 0.322 e. The molecule has 0 amide bonds. The molecule has 4 heteroatoms. The van der Waals surface area contributed by atoms with Crippen LogP contribution in [0.5, 0.6) is 0 Å². The number of esters is 1. The Balaban J connectivity index is 2.35. The third-order valence-corrected chi connectivity index (χ3v) is 2.23. The average Bonchev–Trinajstić information content (AvgIpc) is 2.84. The molecule has 0 aliphatic heterocycles. The lowest BCUT2D eigenvalue weighted by Gasteiger charge is -2.18. The van der Waals surface area contributed by atoms with Crippen LogP contribution < -0.4 is 5.32 Å². The van der Waals surface area contributed by atoms with E-state index >= 15 is 0 Å². The number of aliphatic hydroxyl groups excluding tert-OH is 1. The molecule has 4 nitrogen and oxygen atoms in total. The second-order valence-corrected chi connectivity index (χ2v) is 3.33. The molecule has 1 atom stereocenters. The summed E-state index contributed by atoms with van der Waals surface area (Å²) in [5.74, 6) is -0.283. The molecule has 1 aliphatic rings. The maximum Gasteiger partial charge on any atom is 0.322 e. The number of carbonyl (C=O) groups excluding carboxylic acids is 1. The number of carbonyl (C=O) groups is 1. The lowest BCUT2D eigenvalue weighted by Crippen LogP contribution is -2.45. The number of aliphatic hydroxyl groups is 1. The van der Waals surface area contributed by atoms with Gasteiger partial charge in [0.25, 0.3) is 0 Å². The summed E-state index contributed by atoms with van der Waals surface area (Å²) in [4.78, 5) is 11.0. The summed E-state index contributed by atoms with van der Waals surface area (Å²) in [6.07, 6.45) is 1.87. The lowest BCUT2D eigenvalue weighted by atomic mass is 10.2. The highest BCUT2D eigenvalue weighted by atomic mass is 16.5. The van der Waals surface area contributed by atoms with Crippen molar-refractivity contribution in [1.82, 2.24) is 5.32 Å². The first kappa shape index (κ1) is 9.48. The summed E-state index contributed by atoms with van der Waals surface area (Å²) in [5, 5.41) is 12.0. The van der Waals surface area contributed by atoms with E-state index in [1.807, 2.05) is 0 Å². The minimum atomic E-state index is -0.329. The van der Waals surface area contributed by atoms with Gasteiger partial charge < -0.3 is 9.84 Å². The van der Waals surface area contributed by atoms with Crippen molar-refractivity contribution >= 4 is 5.97 Å². The van der Waals surface area contributed by atoms with Gasteiger partial charge in [-0.3, -0.25) is 10.1 Å². The van der Waals surface area contributed by atoms with Crippen LogP contribution >= 0.6 is 0 Å². The third-order valence-electron chi connectivity index (χ3n) is 2.23. The van der Waals surface area contributed by atoms with E-state index in [0.29, 0.717) is 0 Å². The van der Waals surface area contributed by atoms with Crippen LogP contribution in [-0.4, -0.2) is 36.4 Å². The van der Waals surface area contributed by atoms with Gasteiger partial charge in [0.1, 0.15) is 6.04 Å². The quantitative estimate of drug-likeness (QED) is 0.571. The summed E-state index contributed by atoms with van der Waals surface area (Å²) in [6, 6.07) is -0.329. The molecule has 1 fully saturated rings. The fraction of sp³-hybridized carbons (Fsp3) is 0.875. The molecule has 0 radical (unpaired) electrons. The standard InChI is InChI=1S/C8H15NO3/c1-6(7(11)12-2)9-8(5-10)3-4-8/h6,9-10H,3-5H2,1-2H3. The van der Waals surface area contributed by atoms with Crippen molar-refractivity contribution < 1.29 is 14.6 Å². The second kappa shape index (κ2) is 3.41. The van der Waals surface area contributed by atoms with Gasteiger partial charge in [-0.1, -0.05) is 0 Å². The molecule has 0 aromatic heterocycles. The van der Waals surface area contributed by atoms with Gasteiger partial charge in [-0.25, -0.2) is 0 Å². The molecule has 70 valence electrons. The molecular weight excluding hydrogens is 158 g/mol. The molecule has 2 N–H and O–H groups in total. The van der Waals surface area contributed by atoms with Crippen molar-refractivity contribution in [3.05, 3.63) is 0 Å². The molecule has 0 spiro atoms. The predicted molar refractivity (Wildman–Crippen MR) is 43.7 cm³/mol. The minimum absolute atomic E-state index is 0.0916. The molecule has 0 saturated heterocycles. The van der Waals surface area contributed by atoms with E-state index in [0.717, 1.165) is 12.8 Å². The molecule has 1 unspecified atom stereocenters. The summed E-state index contributed by atoms with van der Waals surface area (Å²) in [7, 11) is 1.36. The zero-order valence-electron chi connectivity index (χ0n) is 7.46. The first-order chi connectivity index (χ1) is 5.63. The summed E-state index contributed by atoms with van der Waals surface area (Å²) in [5.41, 5.74) is -0.201. The monoisotopic (exact) mass is 173 g/mol. The normalized spacial score (nSPS) is 21.6. The van der Waals surface area contributed by atoms with Crippen LogP contribution in [0, 0.1) is 0 Å². The Morgan fingerprint density at radius 2 is 2.33 bits per heavy atom. The number of hydrogen-bond donors (Lipinski definition) is 2. The summed E-state index contributed by atoms with van der Waals surface area (Å²) >= 11 is 0. The average molecular weight is 173 g/mol. The molecule has 1 rings (SSSR count). The maximum atomic E-state index is 11.0. The third kappa shape index (κ3) is 1.95. The van der Waals surface area contributed by atoms with Crippen molar-refractivity contribution in [2.45, 2.75) is 31.3 Å². The van der Waals surface area contributed by atoms with E-state index in [4.69, 9.17) is 5.11 Å². The van der Waals surface area contributed by atoms with Crippen molar-refractivity contribution in [1.29, 1.82) is 0 Å². The summed E-state index contributed by atoms with van der Waals surface area (Å²) in [6.45, 7) is 1.83. The van der Waals surface area contributed by atoms with Crippen LogP contribution in [0.1, 0.15) is 19.8 Å². The molecular formula is C8H15NO3. The van der Waals surface area contributed by atoms with Crippen LogP contribution in [0.4, 0.5) is 0 Å². The SMILES string of the molecule is COC(=O)C(C)NC1(CO)CC1. The number of hydrogen-bond acceptors (Lipinski definition) is 4. The number of rotatable bonds is 4. The minimum Gasteiger partial charge on any atom is -0.468 e. The van der Waals surface area contributed by atoms with Crippen LogP contribution in [0.2, 0.25) is 0 Å². The lowest BCUT2D eigenvalue weighted by molar-refractivity contribution is -0.143. The number of ether oxygens (including phenoxy) is 1. The Kier molecular flexibility index (Phi) is 2.69. The molecule has 0 heterocycles. The number of methoxy groups -OCH3 is 1. The molecule has 0 aromatic rings. The fourth-order valence-electron chi connectivity index (χ4n) is 1.19. The first-order valence-electron chi connectivity index (χ1n) is 4.10. The van der Waals surface area contributed by atoms with Crippen molar-refractivity contribution in [3.8, 4) is 0 Å². The van der Waals surface area contributed by atoms with Crippen molar-refractivity contribution in [3.63, 3.8) is 0 Å². The van der Waals surface area contributed by atoms with Crippen molar-refractivity contribution in [2.24, 2.45) is 0 Å². The van der Waals surface area contributed by atoms with Gasteiger partial charge in [0.2, 0.25) is 0 Å². The largest absolute Gasteiger partial charge is 0.468 e. The first-order valence-corrected chi connectivity index (χ1v) is 4.10. The van der Waals surface area contributed by atoms with Gasteiger partial charge in [-0.15, -0.1) is 0 Å². The van der Waals surface area contributed by atoms with E-state index in [2.05, 4.69) is 10.1 Å². The molecule has 1 saturated carbocycles. The van der Waals surface area contributed by atoms with E-state index in [1.165, 1.54) is 7.11 Å². The topological polar surface area (TPSA) is 58.6 Å². The van der Waals surface area contributed by atoms with Gasteiger partial charge in [-0.2, -0.15) is 0 Å². The van der Waals surface area contributed by atoms with E-state index in [-0.39, 0.29) is 24.2 Å². The van der Waals surface area contributed by atoms with Crippen molar-refractivity contribution in [2.75, 3.05) is 13.7 Å². The Morgan fingerprint density at radius 1 is 1.75 bits per heavy atom. The van der Waals surface area contributed by atoms with E-state index < -0.39 is 0 Å². The Morgan fingerprint density at radius 3 is 2.67 bits per heavy atom. The van der Waals surface area contributed by atoms with Gasteiger partial charge in [0.15, 0.2) is 0 Å². The van der Waals surface area contributed by atoms with E-state index in [9.17, 15) is 4.79 Å². The number of nitrogens with one attached hydrogen (secondary N) is 1. The second-order valence-electron chi connectivity index (χ2n) is 3.33. The Bertz CT molecular complexity index is 177. The van der Waals surface area contributed by atoms with E-state index in [1.54, 1.807) is 6.92 Å². The van der Waals surface area contributed by atoms with Crippen LogP contribution in [-0.2, 0) is 9.53 Å². The summed E-state index contributed by atoms with van der Waals surface area (Å²) < 4.78 is 4.55. The van der Waals surface area contributed by atoms with Gasteiger partial charge in [0, 0.05) is 5.54 Å². The highest BCUT2D eigenvalue weighted by Crippen LogP contribution is 2.34. The van der Waals surface area contributed by atoms with Crippen LogP contribution in [0.25, 0.3) is 0 Å². The van der Waals surface area contributed by atoms with Crippen LogP contribution in [0.3, 0.4) is 0 Å². The maximum absolute atomic E-state index is 11.0. The Hall–Kier alpha value is -0.610. The highest BCUT2D eigenvalue weighted by Gasteiger charge is 2.43. The Labute approximate surface area is 71.9 Å². The molecule has 12 heavy (non-hydrogen) atoms. The molecule has 1 aliphatic carbocycles. The molecule has 0 bridgehead atoms. The van der Waals surface area contributed by atoms with Gasteiger partial charge >= 0.3 is 5.97 Å². The predicted octanol–water partition coefficient (Wildman–Crippen LogP) is -0.338. The zero-order chi connectivity index (χ0) is 9.19. The fourth-order valence-corrected chi connectivity index (χ4v) is 1.19. The zero-order valence-corrected chi connectivity index (χ0v) is 7.46. The molecule has 0 aromatic carbocycles. The van der Waals surface area contributed by atoms with Gasteiger partial charge in [-0.05, 0) is 19.8 Å². The van der Waals surface area contributed by atoms with Gasteiger partial charge in [0.05, 0.1) is 13.7 Å². The van der Waals surface area contributed by atoms with Crippen LogP contribution in [0.15, 0.2) is 0 Å².